The number of rotatable bonds is 5. The summed E-state index contributed by atoms with van der Waals surface area (Å²) in [6.45, 7) is 2.05. The van der Waals surface area contributed by atoms with E-state index in [-0.39, 0.29) is 54.3 Å². The van der Waals surface area contributed by atoms with E-state index >= 15 is 0 Å². The van der Waals surface area contributed by atoms with Crippen molar-refractivity contribution in [3.05, 3.63) is 39.8 Å². The molecular weight excluding hydrogens is 406 g/mol. The molecule has 0 spiro atoms. The van der Waals surface area contributed by atoms with Crippen molar-refractivity contribution in [2.45, 2.75) is 83.0 Å². The lowest BCUT2D eigenvalue weighted by molar-refractivity contribution is -0.142. The third kappa shape index (κ3) is 3.33. The summed E-state index contributed by atoms with van der Waals surface area (Å²) in [6.07, 6.45) is 9.68. The number of carbonyl (C=O) groups excluding carboxylic acids is 2. The van der Waals surface area contributed by atoms with Crippen LogP contribution in [0.25, 0.3) is 5.57 Å². The van der Waals surface area contributed by atoms with Crippen LogP contribution in [0.4, 0.5) is 0 Å². The number of aromatic nitrogens is 1. The van der Waals surface area contributed by atoms with Crippen LogP contribution in [0.3, 0.4) is 0 Å². The number of nitrogens with one attached hydrogen (secondary N) is 1. The van der Waals surface area contributed by atoms with E-state index in [0.29, 0.717) is 6.54 Å². The molecule has 0 aromatic carbocycles. The average Bonchev–Trinajstić information content (AvgIpc) is 3.31. The first-order chi connectivity index (χ1) is 15.5. The Hall–Kier alpha value is -2.41. The van der Waals surface area contributed by atoms with Crippen molar-refractivity contribution in [1.82, 2.24) is 14.8 Å². The van der Waals surface area contributed by atoms with Crippen molar-refractivity contribution in [3.8, 4) is 0 Å². The maximum Gasteiger partial charge on any atom is 0.258 e. The summed E-state index contributed by atoms with van der Waals surface area (Å²) in [7, 11) is 0. The first-order valence-electron chi connectivity index (χ1n) is 12.2. The number of fused-ring (bicyclic) bond motifs is 3. The van der Waals surface area contributed by atoms with Crippen LogP contribution in [-0.4, -0.2) is 45.1 Å². The third-order valence-electron chi connectivity index (χ3n) is 8.02. The minimum atomic E-state index is -0.687. The number of pyridine rings is 1. The summed E-state index contributed by atoms with van der Waals surface area (Å²) in [4.78, 5) is 41.4. The number of carbonyl (C=O) groups is 2. The molecule has 0 radical (unpaired) electrons. The molecule has 2 amide bonds. The second-order valence-corrected chi connectivity index (χ2v) is 9.75. The molecule has 2 fully saturated rings. The summed E-state index contributed by atoms with van der Waals surface area (Å²) < 4.78 is 1.79. The predicted molar refractivity (Wildman–Crippen MR) is 121 cm³/mol. The number of allylic oxidation sites excluding steroid dienone is 2. The van der Waals surface area contributed by atoms with Crippen molar-refractivity contribution in [2.75, 3.05) is 6.61 Å². The maximum atomic E-state index is 13.4. The molecule has 4 aliphatic rings. The van der Waals surface area contributed by atoms with Gasteiger partial charge in [-0.25, -0.2) is 0 Å². The van der Waals surface area contributed by atoms with Gasteiger partial charge in [0.1, 0.15) is 6.04 Å². The van der Waals surface area contributed by atoms with Crippen molar-refractivity contribution in [2.24, 2.45) is 11.8 Å². The van der Waals surface area contributed by atoms with Crippen molar-refractivity contribution in [3.63, 3.8) is 0 Å². The number of amides is 2. The second kappa shape index (κ2) is 8.50. The summed E-state index contributed by atoms with van der Waals surface area (Å²) in [5, 5.41) is 13.4. The van der Waals surface area contributed by atoms with Gasteiger partial charge in [-0.05, 0) is 62.7 Å². The maximum absolute atomic E-state index is 13.4. The minimum absolute atomic E-state index is 0.0129. The Labute approximate surface area is 188 Å². The second-order valence-electron chi connectivity index (χ2n) is 9.75. The summed E-state index contributed by atoms with van der Waals surface area (Å²) in [6, 6.07) is 3.00. The van der Waals surface area contributed by atoms with E-state index in [0.717, 1.165) is 61.8 Å². The van der Waals surface area contributed by atoms with Crippen molar-refractivity contribution in [1.29, 1.82) is 0 Å². The zero-order chi connectivity index (χ0) is 22.4. The molecule has 172 valence electrons. The van der Waals surface area contributed by atoms with Gasteiger partial charge in [-0.1, -0.05) is 13.0 Å². The molecule has 1 saturated heterocycles. The fourth-order valence-electron chi connectivity index (χ4n) is 6.12. The van der Waals surface area contributed by atoms with Crippen LogP contribution >= 0.6 is 0 Å². The molecule has 7 heteroatoms. The number of hydrogen-bond donors (Lipinski definition) is 2. The monoisotopic (exact) mass is 439 g/mol. The summed E-state index contributed by atoms with van der Waals surface area (Å²) in [5.41, 5.74) is 2.65. The van der Waals surface area contributed by atoms with E-state index in [1.807, 2.05) is 12.1 Å². The Bertz CT molecular complexity index is 1010. The molecule has 0 unspecified atom stereocenters. The van der Waals surface area contributed by atoms with Gasteiger partial charge in [0.2, 0.25) is 11.8 Å². The van der Waals surface area contributed by atoms with Gasteiger partial charge < -0.3 is 19.9 Å². The van der Waals surface area contributed by atoms with Crippen LogP contribution in [0.2, 0.25) is 0 Å². The molecule has 2 N–H and O–H groups in total. The van der Waals surface area contributed by atoms with E-state index < -0.39 is 6.04 Å². The summed E-state index contributed by atoms with van der Waals surface area (Å²) >= 11 is 0. The lowest BCUT2D eigenvalue weighted by atomic mass is 9.87. The van der Waals surface area contributed by atoms with Crippen molar-refractivity contribution >= 4 is 17.4 Å². The van der Waals surface area contributed by atoms with Gasteiger partial charge in [0, 0.05) is 48.7 Å². The van der Waals surface area contributed by atoms with E-state index in [1.165, 1.54) is 0 Å². The van der Waals surface area contributed by atoms with Gasteiger partial charge in [-0.3, -0.25) is 14.4 Å². The highest BCUT2D eigenvalue weighted by molar-refractivity contribution is 5.89. The Morgan fingerprint density at radius 1 is 1.19 bits per heavy atom. The quantitative estimate of drug-likeness (QED) is 0.737. The molecule has 3 heterocycles. The van der Waals surface area contributed by atoms with Crippen LogP contribution in [0.5, 0.6) is 0 Å². The number of aliphatic hydroxyl groups is 1. The van der Waals surface area contributed by atoms with Crippen LogP contribution in [-0.2, 0) is 16.1 Å². The molecule has 4 atom stereocenters. The van der Waals surface area contributed by atoms with Crippen molar-refractivity contribution < 1.29 is 14.7 Å². The van der Waals surface area contributed by atoms with E-state index in [9.17, 15) is 19.5 Å². The molecule has 5 rings (SSSR count). The van der Waals surface area contributed by atoms with Gasteiger partial charge >= 0.3 is 0 Å². The molecule has 32 heavy (non-hydrogen) atoms. The molecule has 7 nitrogen and oxygen atoms in total. The number of hydrogen-bond acceptors (Lipinski definition) is 4. The first-order valence-corrected chi connectivity index (χ1v) is 12.2. The highest BCUT2D eigenvalue weighted by Gasteiger charge is 2.57. The Kier molecular flexibility index (Phi) is 5.70. The lowest BCUT2D eigenvalue weighted by Gasteiger charge is -2.34. The van der Waals surface area contributed by atoms with E-state index in [1.54, 1.807) is 16.4 Å². The van der Waals surface area contributed by atoms with Crippen LogP contribution in [0, 0.1) is 11.8 Å². The fraction of sp³-hybridized carbons (Fsp3) is 0.640. The predicted octanol–water partition coefficient (Wildman–Crippen LogP) is 2.37. The smallest absolute Gasteiger partial charge is 0.258 e. The number of aliphatic hydroxyl groups excluding tert-OH is 1. The molecule has 2 aliphatic carbocycles. The molecule has 0 bridgehead atoms. The first kappa shape index (κ1) is 21.4. The Morgan fingerprint density at radius 3 is 2.62 bits per heavy atom. The molecule has 2 aliphatic heterocycles. The molecular formula is C25H33N3O4. The fourth-order valence-corrected chi connectivity index (χ4v) is 6.12. The van der Waals surface area contributed by atoms with E-state index in [4.69, 9.17) is 0 Å². The average molecular weight is 440 g/mol. The van der Waals surface area contributed by atoms with Crippen LogP contribution < -0.4 is 10.9 Å². The molecule has 1 saturated carbocycles. The van der Waals surface area contributed by atoms with Gasteiger partial charge in [0.05, 0.1) is 6.04 Å². The number of likely N-dealkylation sites (tertiary alicyclic amines) is 1. The lowest BCUT2D eigenvalue weighted by Crippen LogP contribution is -2.53. The van der Waals surface area contributed by atoms with Crippen LogP contribution in [0.1, 0.15) is 75.6 Å². The zero-order valence-electron chi connectivity index (χ0n) is 18.8. The highest BCUT2D eigenvalue weighted by Crippen LogP contribution is 2.49. The van der Waals surface area contributed by atoms with E-state index in [2.05, 4.69) is 11.4 Å². The van der Waals surface area contributed by atoms with Gasteiger partial charge in [0.15, 0.2) is 0 Å². The van der Waals surface area contributed by atoms with Gasteiger partial charge in [-0.15, -0.1) is 0 Å². The normalized spacial score (nSPS) is 29.2. The standard InChI is InChI=1S/C25H33N3O4/c1-2-21(30)28-22-18(19(14-29)23(28)24(31)26-16-9-6-10-16)13-27-20(22)12-11-17(25(27)32)15-7-4-3-5-8-15/h7,11-12,16,18-19,22-23,29H,2-6,8-10,13-14H2,1H3,(H,26,31)/t18-,19-,22+,23-/m1/s1. The highest BCUT2D eigenvalue weighted by atomic mass is 16.3. The number of nitrogens with zero attached hydrogens (tertiary/aromatic N) is 2. The Morgan fingerprint density at radius 2 is 2.00 bits per heavy atom. The van der Waals surface area contributed by atoms with Crippen LogP contribution in [0.15, 0.2) is 23.0 Å². The molecule has 1 aromatic heterocycles. The van der Waals surface area contributed by atoms with Gasteiger partial charge in [-0.2, -0.15) is 0 Å². The summed E-state index contributed by atoms with van der Waals surface area (Å²) in [5.74, 6) is -0.796. The molecule has 1 aromatic rings. The third-order valence-corrected chi connectivity index (χ3v) is 8.02. The van der Waals surface area contributed by atoms with Gasteiger partial charge in [0.25, 0.3) is 5.56 Å². The Balaban J connectivity index is 1.53. The topological polar surface area (TPSA) is 91.6 Å². The zero-order valence-corrected chi connectivity index (χ0v) is 18.8. The largest absolute Gasteiger partial charge is 0.396 e. The SMILES string of the molecule is CCC(=O)N1[C@@H]2c3ccc(C4=CCCCC4)c(=O)n3C[C@@H]2[C@@H](CO)[C@@H]1C(=O)NC1CCC1. The minimum Gasteiger partial charge on any atom is -0.396 e.